The monoisotopic (exact) mass is 158 g/mol. The van der Waals surface area contributed by atoms with Crippen LogP contribution in [0.25, 0.3) is 0 Å². The van der Waals surface area contributed by atoms with Gasteiger partial charge in [-0.2, -0.15) is 0 Å². The molecule has 0 aliphatic heterocycles. The Morgan fingerprint density at radius 1 is 1.55 bits per heavy atom. The highest BCUT2D eigenvalue weighted by molar-refractivity contribution is 5.60. The fraction of sp³-hybridized carbons (Fsp3) is 0.625. The first-order valence-corrected chi connectivity index (χ1v) is 3.61. The molecule has 0 saturated heterocycles. The first-order valence-electron chi connectivity index (χ1n) is 3.61. The molecular weight excluding hydrogens is 144 g/mol. The first kappa shape index (κ1) is 10.0. The van der Waals surface area contributed by atoms with Crippen molar-refractivity contribution in [3.8, 4) is 0 Å². The second-order valence-electron chi connectivity index (χ2n) is 2.30. The lowest BCUT2D eigenvalue weighted by atomic mass is 10.5. The molecule has 0 fully saturated rings. The van der Waals surface area contributed by atoms with Gasteiger partial charge in [-0.1, -0.05) is 12.2 Å². The molecule has 0 radical (unpaired) electrons. The number of allylic oxidation sites excluding steroid dienone is 1. The average Bonchev–Trinajstić information content (AvgIpc) is 1.86. The molecule has 0 saturated carbocycles. The van der Waals surface area contributed by atoms with Gasteiger partial charge in [0.05, 0.1) is 6.10 Å². The molecular formula is C8H14O3. The number of carbonyl (C=O) groups is 1. The van der Waals surface area contributed by atoms with Crippen molar-refractivity contribution in [1.82, 2.24) is 0 Å². The summed E-state index contributed by atoms with van der Waals surface area (Å²) in [5.41, 5.74) is 0. The summed E-state index contributed by atoms with van der Waals surface area (Å²) in [5, 5.41) is 0. The minimum atomic E-state index is -0.613. The first-order chi connectivity index (χ1) is 5.16. The number of hydrogen-bond donors (Lipinski definition) is 0. The van der Waals surface area contributed by atoms with Gasteiger partial charge in [0.2, 0.25) is 0 Å². The van der Waals surface area contributed by atoms with E-state index < -0.39 is 6.16 Å². The summed E-state index contributed by atoms with van der Waals surface area (Å²) in [7, 11) is 0. The highest BCUT2D eigenvalue weighted by Crippen LogP contribution is 1.92. The smallest absolute Gasteiger partial charge is 0.432 e. The molecule has 0 heterocycles. The number of ether oxygens (including phenoxy) is 2. The number of hydrogen-bond acceptors (Lipinski definition) is 3. The van der Waals surface area contributed by atoms with Crippen molar-refractivity contribution in [3.05, 3.63) is 12.2 Å². The molecule has 0 aromatic heterocycles. The molecule has 0 unspecified atom stereocenters. The van der Waals surface area contributed by atoms with E-state index in [0.717, 1.165) is 0 Å². The van der Waals surface area contributed by atoms with E-state index in [0.29, 0.717) is 0 Å². The van der Waals surface area contributed by atoms with Crippen molar-refractivity contribution in [1.29, 1.82) is 0 Å². The van der Waals surface area contributed by atoms with Crippen molar-refractivity contribution >= 4 is 6.16 Å². The van der Waals surface area contributed by atoms with Crippen molar-refractivity contribution in [2.45, 2.75) is 26.9 Å². The van der Waals surface area contributed by atoms with Crippen molar-refractivity contribution in [3.63, 3.8) is 0 Å². The van der Waals surface area contributed by atoms with Gasteiger partial charge in [-0.25, -0.2) is 4.79 Å². The van der Waals surface area contributed by atoms with Gasteiger partial charge in [0, 0.05) is 0 Å². The lowest BCUT2D eigenvalue weighted by molar-refractivity contribution is 0.0414. The Bertz CT molecular complexity index is 138. The summed E-state index contributed by atoms with van der Waals surface area (Å²) in [4.78, 5) is 10.6. The Morgan fingerprint density at radius 3 is 2.64 bits per heavy atom. The van der Waals surface area contributed by atoms with E-state index in [2.05, 4.69) is 4.74 Å². The van der Waals surface area contributed by atoms with Gasteiger partial charge in [-0.05, 0) is 20.8 Å². The van der Waals surface area contributed by atoms with Gasteiger partial charge in [-0.3, -0.25) is 0 Å². The molecule has 0 bridgehead atoms. The third-order valence-electron chi connectivity index (χ3n) is 0.865. The molecule has 64 valence electrons. The second-order valence-corrected chi connectivity index (χ2v) is 2.30. The zero-order valence-corrected chi connectivity index (χ0v) is 7.16. The van der Waals surface area contributed by atoms with E-state index >= 15 is 0 Å². The van der Waals surface area contributed by atoms with Crippen LogP contribution >= 0.6 is 0 Å². The third kappa shape index (κ3) is 6.90. The van der Waals surface area contributed by atoms with E-state index in [9.17, 15) is 4.79 Å². The number of carbonyl (C=O) groups excluding carboxylic acids is 1. The normalized spacial score (nSPS) is 10.5. The highest BCUT2D eigenvalue weighted by Gasteiger charge is 2.03. The van der Waals surface area contributed by atoms with Crippen LogP contribution in [0.4, 0.5) is 4.79 Å². The molecule has 0 aliphatic carbocycles. The Kier molecular flexibility index (Phi) is 5.25. The predicted molar refractivity (Wildman–Crippen MR) is 42.4 cm³/mol. The maximum atomic E-state index is 10.6. The highest BCUT2D eigenvalue weighted by atomic mass is 16.7. The van der Waals surface area contributed by atoms with Crippen LogP contribution < -0.4 is 0 Å². The lowest BCUT2D eigenvalue weighted by Gasteiger charge is -2.06. The van der Waals surface area contributed by atoms with Gasteiger partial charge in [-0.15, -0.1) is 0 Å². The summed E-state index contributed by atoms with van der Waals surface area (Å²) >= 11 is 0. The van der Waals surface area contributed by atoms with Crippen molar-refractivity contribution < 1.29 is 14.3 Å². The Hall–Kier alpha value is -0.990. The molecule has 0 N–H and O–H groups in total. The van der Waals surface area contributed by atoms with Gasteiger partial charge in [0.15, 0.2) is 0 Å². The van der Waals surface area contributed by atoms with E-state index in [1.54, 1.807) is 19.9 Å². The quantitative estimate of drug-likeness (QED) is 0.466. The zero-order chi connectivity index (χ0) is 8.69. The zero-order valence-electron chi connectivity index (χ0n) is 7.16. The summed E-state index contributed by atoms with van der Waals surface area (Å²) < 4.78 is 9.35. The minimum Gasteiger partial charge on any atom is -0.432 e. The fourth-order valence-corrected chi connectivity index (χ4v) is 0.439. The molecule has 0 rings (SSSR count). The van der Waals surface area contributed by atoms with Crippen LogP contribution in [0.2, 0.25) is 0 Å². The Balaban J connectivity index is 3.37. The maximum Gasteiger partial charge on any atom is 0.508 e. The Labute approximate surface area is 67.0 Å². The van der Waals surface area contributed by atoms with Gasteiger partial charge in [0.1, 0.15) is 6.61 Å². The molecule has 11 heavy (non-hydrogen) atoms. The average molecular weight is 158 g/mol. The van der Waals surface area contributed by atoms with E-state index in [1.165, 1.54) is 0 Å². The molecule has 0 aromatic rings. The molecule has 0 atom stereocenters. The summed E-state index contributed by atoms with van der Waals surface area (Å²) in [6.07, 6.45) is 2.82. The van der Waals surface area contributed by atoms with Gasteiger partial charge >= 0.3 is 6.16 Å². The summed E-state index contributed by atoms with van der Waals surface area (Å²) in [6.45, 7) is 5.69. The molecule has 0 aromatic carbocycles. The summed E-state index contributed by atoms with van der Waals surface area (Å²) in [5.74, 6) is 0. The molecule has 3 nitrogen and oxygen atoms in total. The van der Waals surface area contributed by atoms with Gasteiger partial charge < -0.3 is 9.47 Å². The standard InChI is InChI=1S/C8H14O3/c1-4-5-6-10-8(9)11-7(2)3/h4-5,7H,6H2,1-3H3. The van der Waals surface area contributed by atoms with Crippen molar-refractivity contribution in [2.75, 3.05) is 6.61 Å². The molecule has 0 amide bonds. The minimum absolute atomic E-state index is 0.117. The largest absolute Gasteiger partial charge is 0.508 e. The van der Waals surface area contributed by atoms with Gasteiger partial charge in [0.25, 0.3) is 0 Å². The fourth-order valence-electron chi connectivity index (χ4n) is 0.439. The van der Waals surface area contributed by atoms with Crippen LogP contribution in [0.3, 0.4) is 0 Å². The van der Waals surface area contributed by atoms with E-state index in [1.807, 2.05) is 13.0 Å². The van der Waals surface area contributed by atoms with Crippen LogP contribution in [-0.4, -0.2) is 18.9 Å². The van der Waals surface area contributed by atoms with E-state index in [4.69, 9.17) is 4.74 Å². The van der Waals surface area contributed by atoms with Crippen LogP contribution in [0, 0.1) is 0 Å². The summed E-state index contributed by atoms with van der Waals surface area (Å²) in [6, 6.07) is 0. The van der Waals surface area contributed by atoms with Crippen LogP contribution in [0.1, 0.15) is 20.8 Å². The topological polar surface area (TPSA) is 35.5 Å². The van der Waals surface area contributed by atoms with Crippen LogP contribution in [0.5, 0.6) is 0 Å². The SMILES string of the molecule is CC=CCOC(=O)OC(C)C. The van der Waals surface area contributed by atoms with Crippen LogP contribution in [-0.2, 0) is 9.47 Å². The maximum absolute atomic E-state index is 10.6. The number of rotatable bonds is 3. The molecule has 3 heteroatoms. The van der Waals surface area contributed by atoms with Crippen molar-refractivity contribution in [2.24, 2.45) is 0 Å². The molecule has 0 aliphatic rings. The second kappa shape index (κ2) is 5.77. The van der Waals surface area contributed by atoms with Crippen LogP contribution in [0.15, 0.2) is 12.2 Å². The predicted octanol–water partition coefficient (Wildman–Crippen LogP) is 2.12. The molecule has 0 spiro atoms. The van der Waals surface area contributed by atoms with E-state index in [-0.39, 0.29) is 12.7 Å². The lowest BCUT2D eigenvalue weighted by Crippen LogP contribution is -2.12. The third-order valence-corrected chi connectivity index (χ3v) is 0.865. The Morgan fingerprint density at radius 2 is 2.18 bits per heavy atom.